The fourth-order valence-electron chi connectivity index (χ4n) is 9.28. The number of ether oxygens (including phenoxy) is 7. The minimum atomic E-state index is -1.87. The summed E-state index contributed by atoms with van der Waals surface area (Å²) in [6.07, 6.45) is -6.13. The highest BCUT2D eigenvalue weighted by Crippen LogP contribution is 2.54. The summed E-state index contributed by atoms with van der Waals surface area (Å²) < 4.78 is 41.9. The Morgan fingerprint density at radius 2 is 1.45 bits per heavy atom. The van der Waals surface area contributed by atoms with E-state index in [4.69, 9.17) is 33.2 Å². The Labute approximate surface area is 323 Å². The highest BCUT2D eigenvalue weighted by atomic mass is 16.7. The van der Waals surface area contributed by atoms with Gasteiger partial charge in [-0.25, -0.2) is 0 Å². The number of rotatable bonds is 8. The molecule has 4 fully saturated rings. The number of fused-ring (bicyclic) bond motifs is 3. The van der Waals surface area contributed by atoms with Crippen molar-refractivity contribution in [2.24, 2.45) is 17.8 Å². The average molecular weight is 789 g/mol. The third kappa shape index (κ3) is 7.06. The van der Waals surface area contributed by atoms with Gasteiger partial charge in [0.25, 0.3) is 0 Å². The molecule has 1 aromatic rings. The number of aromatic hydroxyl groups is 1. The Kier molecular flexibility index (Phi) is 11.4. The van der Waals surface area contributed by atoms with Crippen LogP contribution in [-0.2, 0) is 38.0 Å². The normalized spacial score (nSPS) is 41.5. The number of allylic oxidation sites excluding steroid dienone is 2. The number of Topliss-reactive ketones (excluding diaryl/α,β-unsaturated/α-hetero) is 2. The molecule has 6 N–H and O–H groups in total. The summed E-state index contributed by atoms with van der Waals surface area (Å²) in [5.41, 5.74) is -2.70. The quantitative estimate of drug-likeness (QED) is 0.208. The van der Waals surface area contributed by atoms with Gasteiger partial charge in [0.05, 0.1) is 72.8 Å². The van der Waals surface area contributed by atoms with Gasteiger partial charge in [-0.05, 0) is 46.1 Å². The second-order valence-corrected chi connectivity index (χ2v) is 15.8. The fraction of sp³-hybridized carbons (Fsp3) is 0.675. The number of hydrogen-bond acceptors (Lipinski definition) is 16. The van der Waals surface area contributed by atoms with Crippen molar-refractivity contribution < 1.29 is 78.2 Å². The number of ketones is 2. The van der Waals surface area contributed by atoms with Crippen LogP contribution in [0.15, 0.2) is 40.9 Å². The standard InChI is InChI=1S/C40H52O16/c1-6-40(49)15-24(29-30(33(40)39(48)50-5)37(47)31-32(36(29)46)35(45)28-19(34(31)44)8-7-9-21(28)42)55-25-13-11-23(17(3)52-25)54-27-14-22(43)38(18(4)53-27)56-26-12-10-20(41)16(2)51-26/h7-9,16-18,20,22-27,31-33,38,41-43,46-47,49H,6,10-15H2,1-5H3/t16?,17?,18?,20?,22?,23?,24?,25?,26?,27?,31?,32?,33?,38?,40-/m1/s1. The summed E-state index contributed by atoms with van der Waals surface area (Å²) in [6.45, 7) is 6.95. The molecule has 0 amide bonds. The molecule has 0 spiro atoms. The van der Waals surface area contributed by atoms with Gasteiger partial charge < -0.3 is 63.8 Å². The van der Waals surface area contributed by atoms with E-state index in [-0.39, 0.29) is 48.0 Å². The van der Waals surface area contributed by atoms with E-state index >= 15 is 0 Å². The van der Waals surface area contributed by atoms with Gasteiger partial charge in [0.1, 0.15) is 29.3 Å². The molecular formula is C40H52O16. The number of aliphatic hydroxyl groups is 5. The average Bonchev–Trinajstić information content (AvgIpc) is 3.15. The summed E-state index contributed by atoms with van der Waals surface area (Å²) in [4.78, 5) is 41.1. The first-order chi connectivity index (χ1) is 26.6. The van der Waals surface area contributed by atoms with Crippen molar-refractivity contribution in [2.45, 2.75) is 146 Å². The second kappa shape index (κ2) is 15.7. The van der Waals surface area contributed by atoms with Gasteiger partial charge in [0.2, 0.25) is 0 Å². The van der Waals surface area contributed by atoms with Crippen LogP contribution in [-0.4, -0.2) is 129 Å². The van der Waals surface area contributed by atoms with Crippen LogP contribution in [0.3, 0.4) is 0 Å². The van der Waals surface area contributed by atoms with Crippen molar-refractivity contribution in [3.05, 3.63) is 52.0 Å². The van der Waals surface area contributed by atoms with E-state index < -0.39 is 126 Å². The Bertz CT molecular complexity index is 1760. The number of methoxy groups -OCH3 is 1. The molecule has 0 aromatic heterocycles. The maximum atomic E-state index is 13.9. The van der Waals surface area contributed by atoms with Crippen LogP contribution >= 0.6 is 0 Å². The predicted octanol–water partition coefficient (Wildman–Crippen LogP) is 3.04. The van der Waals surface area contributed by atoms with Gasteiger partial charge in [-0.1, -0.05) is 19.1 Å². The van der Waals surface area contributed by atoms with E-state index in [0.29, 0.717) is 19.3 Å². The van der Waals surface area contributed by atoms with Crippen LogP contribution in [0.2, 0.25) is 0 Å². The molecular weight excluding hydrogens is 736 g/mol. The van der Waals surface area contributed by atoms with Crippen molar-refractivity contribution in [3.8, 4) is 5.75 Å². The topological polar surface area (TPSA) is 237 Å². The summed E-state index contributed by atoms with van der Waals surface area (Å²) in [7, 11) is 1.11. The van der Waals surface area contributed by atoms with Crippen LogP contribution in [0.4, 0.5) is 0 Å². The number of benzene rings is 1. The van der Waals surface area contributed by atoms with E-state index in [1.54, 1.807) is 27.7 Å². The van der Waals surface area contributed by atoms with Crippen molar-refractivity contribution >= 4 is 17.5 Å². The molecule has 3 aliphatic heterocycles. The van der Waals surface area contributed by atoms with E-state index in [2.05, 4.69) is 0 Å². The highest BCUT2D eigenvalue weighted by molar-refractivity contribution is 6.19. The molecule has 1 aromatic carbocycles. The number of phenolic OH excluding ortho intramolecular Hbond substituents is 1. The van der Waals surface area contributed by atoms with Gasteiger partial charge >= 0.3 is 5.97 Å². The SMILES string of the molecule is CC[C@@]1(O)CC(OC2CCC(OC3CC(O)C(OC4CCC(O)C(C)O4)C(C)O3)C(C)O2)C2=C(O)C3C(=O)c4c(O)cccc4C(=O)C3C(O)=C2C1C(=O)OC. The molecule has 16 nitrogen and oxygen atoms in total. The second-order valence-electron chi connectivity index (χ2n) is 15.8. The monoisotopic (exact) mass is 788 g/mol. The maximum absolute atomic E-state index is 13.9. The number of phenols is 1. The fourth-order valence-corrected chi connectivity index (χ4v) is 9.28. The van der Waals surface area contributed by atoms with Crippen LogP contribution in [0.5, 0.6) is 5.75 Å². The number of hydrogen-bond donors (Lipinski definition) is 6. The largest absolute Gasteiger partial charge is 0.511 e. The molecule has 56 heavy (non-hydrogen) atoms. The minimum absolute atomic E-state index is 0.0134. The zero-order valence-electron chi connectivity index (χ0n) is 32.0. The van der Waals surface area contributed by atoms with Gasteiger partial charge in [0.15, 0.2) is 30.4 Å². The zero-order valence-corrected chi connectivity index (χ0v) is 32.0. The third-order valence-corrected chi connectivity index (χ3v) is 12.4. The lowest BCUT2D eigenvalue weighted by Crippen LogP contribution is -2.56. The Hall–Kier alpha value is -3.45. The molecule has 6 aliphatic rings. The molecule has 7 rings (SSSR count). The minimum Gasteiger partial charge on any atom is -0.511 e. The van der Waals surface area contributed by atoms with Crippen LogP contribution in [0.25, 0.3) is 0 Å². The van der Waals surface area contributed by atoms with Crippen molar-refractivity contribution in [1.82, 2.24) is 0 Å². The maximum Gasteiger partial charge on any atom is 0.316 e. The lowest BCUT2D eigenvalue weighted by molar-refractivity contribution is -0.321. The zero-order chi connectivity index (χ0) is 40.4. The van der Waals surface area contributed by atoms with Gasteiger partial charge in [-0.15, -0.1) is 0 Å². The predicted molar refractivity (Wildman–Crippen MR) is 191 cm³/mol. The lowest BCUT2D eigenvalue weighted by Gasteiger charge is -2.49. The van der Waals surface area contributed by atoms with Gasteiger partial charge in [-0.2, -0.15) is 0 Å². The van der Waals surface area contributed by atoms with E-state index in [0.717, 1.165) is 7.11 Å². The van der Waals surface area contributed by atoms with E-state index in [1.807, 2.05) is 0 Å². The highest BCUT2D eigenvalue weighted by Gasteiger charge is 2.60. The Morgan fingerprint density at radius 1 is 0.804 bits per heavy atom. The number of carbonyl (C=O) groups excluding carboxylic acids is 3. The number of esters is 1. The molecule has 16 heteroatoms. The summed E-state index contributed by atoms with van der Waals surface area (Å²) in [5.74, 6) is -9.04. The summed E-state index contributed by atoms with van der Waals surface area (Å²) in [6, 6.07) is 3.96. The summed E-state index contributed by atoms with van der Waals surface area (Å²) in [5, 5.41) is 67.4. The molecule has 15 atom stereocenters. The first-order valence-corrected chi connectivity index (χ1v) is 19.4. The molecule has 3 saturated heterocycles. The van der Waals surface area contributed by atoms with E-state index in [1.165, 1.54) is 18.2 Å². The van der Waals surface area contributed by atoms with Gasteiger partial charge in [-0.3, -0.25) is 14.4 Å². The molecule has 308 valence electrons. The molecule has 1 saturated carbocycles. The molecule has 0 radical (unpaired) electrons. The number of aliphatic hydroxyl groups excluding tert-OH is 4. The first kappa shape index (κ1) is 40.7. The molecule has 3 aliphatic carbocycles. The van der Waals surface area contributed by atoms with E-state index in [9.17, 15) is 45.0 Å². The Morgan fingerprint density at radius 3 is 2.11 bits per heavy atom. The smallest absolute Gasteiger partial charge is 0.316 e. The summed E-state index contributed by atoms with van der Waals surface area (Å²) >= 11 is 0. The molecule has 14 unspecified atom stereocenters. The number of carbonyl (C=O) groups is 3. The lowest BCUT2D eigenvalue weighted by atomic mass is 9.59. The van der Waals surface area contributed by atoms with Crippen LogP contribution in [0, 0.1) is 17.8 Å². The molecule has 3 heterocycles. The van der Waals surface area contributed by atoms with Gasteiger partial charge in [0, 0.05) is 42.4 Å². The van der Waals surface area contributed by atoms with Crippen LogP contribution < -0.4 is 0 Å². The van der Waals surface area contributed by atoms with Crippen LogP contribution in [0.1, 0.15) is 93.4 Å². The first-order valence-electron chi connectivity index (χ1n) is 19.4. The third-order valence-electron chi connectivity index (χ3n) is 12.4. The van der Waals surface area contributed by atoms with Crippen molar-refractivity contribution in [1.29, 1.82) is 0 Å². The Balaban J connectivity index is 1.08. The van der Waals surface area contributed by atoms with Crippen molar-refractivity contribution in [2.75, 3.05) is 7.11 Å². The van der Waals surface area contributed by atoms with Crippen molar-refractivity contribution in [3.63, 3.8) is 0 Å². The molecule has 0 bridgehead atoms.